The molecule has 4 aromatic rings. The molecule has 2 aliphatic heterocycles. The normalized spacial score (nSPS) is 18.1. The largest absolute Gasteiger partial charge is 0.493 e. The number of nitrogens with zero attached hydrogens (tertiary/aromatic N) is 3. The lowest BCUT2D eigenvalue weighted by atomic mass is 9.84. The molecular formula is C27H23FN4O3. The highest BCUT2D eigenvalue weighted by Gasteiger charge is 2.42. The Balaban J connectivity index is 1.65. The standard InChI is InChI=1S/C27H23FN4O3/c1-15-7-12-20-19(13-15)23-22(26(35-20)18-5-4-6-21(33-2)25(18)34-3)24(16-8-10-17(28)11-9-16)32-27(31-23)29-14-30-32/h4-14,24,26H,1-3H3,(H,29,30,31)/t24-,26-/m1/s1. The van der Waals surface area contributed by atoms with Gasteiger partial charge in [0.25, 0.3) is 0 Å². The maximum Gasteiger partial charge on any atom is 0.226 e. The van der Waals surface area contributed by atoms with Crippen molar-refractivity contribution in [1.82, 2.24) is 14.8 Å². The summed E-state index contributed by atoms with van der Waals surface area (Å²) in [6.07, 6.45) is 0.973. The van der Waals surface area contributed by atoms with Crippen molar-refractivity contribution in [3.05, 3.63) is 101 Å². The Bertz CT molecular complexity index is 1460. The monoisotopic (exact) mass is 470 g/mol. The van der Waals surface area contributed by atoms with Gasteiger partial charge in [-0.2, -0.15) is 10.1 Å². The molecule has 3 aromatic carbocycles. The van der Waals surface area contributed by atoms with Crippen LogP contribution in [-0.4, -0.2) is 29.0 Å². The van der Waals surface area contributed by atoms with E-state index in [-0.39, 0.29) is 11.9 Å². The third-order valence-electron chi connectivity index (χ3n) is 6.47. The summed E-state index contributed by atoms with van der Waals surface area (Å²) in [7, 11) is 3.22. The predicted molar refractivity (Wildman–Crippen MR) is 129 cm³/mol. The first kappa shape index (κ1) is 21.2. The van der Waals surface area contributed by atoms with Crippen molar-refractivity contribution in [3.63, 3.8) is 0 Å². The van der Waals surface area contributed by atoms with E-state index < -0.39 is 6.10 Å². The van der Waals surface area contributed by atoms with Crippen LogP contribution in [0.2, 0.25) is 0 Å². The highest BCUT2D eigenvalue weighted by Crippen LogP contribution is 2.52. The molecule has 0 spiro atoms. The molecule has 2 atom stereocenters. The second-order valence-corrected chi connectivity index (χ2v) is 8.52. The number of anilines is 1. The number of hydrogen-bond donors (Lipinski definition) is 1. The van der Waals surface area contributed by atoms with Gasteiger partial charge in [-0.3, -0.25) is 0 Å². The topological polar surface area (TPSA) is 70.4 Å². The number of rotatable bonds is 4. The summed E-state index contributed by atoms with van der Waals surface area (Å²) in [5.41, 5.74) is 5.50. The van der Waals surface area contributed by atoms with Gasteiger partial charge in [0.05, 0.1) is 19.9 Å². The molecule has 0 fully saturated rings. The Kier molecular flexibility index (Phi) is 4.95. The third kappa shape index (κ3) is 3.32. The smallest absolute Gasteiger partial charge is 0.226 e. The maximum atomic E-state index is 13.9. The minimum absolute atomic E-state index is 0.303. The molecule has 0 aliphatic carbocycles. The van der Waals surface area contributed by atoms with Crippen LogP contribution in [0.15, 0.2) is 72.6 Å². The average molecular weight is 471 g/mol. The fraction of sp³-hybridized carbons (Fsp3) is 0.185. The Morgan fingerprint density at radius 3 is 2.63 bits per heavy atom. The van der Waals surface area contributed by atoms with Crippen LogP contribution in [0.1, 0.15) is 34.4 Å². The van der Waals surface area contributed by atoms with Crippen LogP contribution in [0.5, 0.6) is 17.2 Å². The molecule has 1 N–H and O–H groups in total. The van der Waals surface area contributed by atoms with Crippen molar-refractivity contribution in [2.45, 2.75) is 19.1 Å². The van der Waals surface area contributed by atoms with Crippen molar-refractivity contribution < 1.29 is 18.6 Å². The Morgan fingerprint density at radius 1 is 1.03 bits per heavy atom. The summed E-state index contributed by atoms with van der Waals surface area (Å²) in [5, 5.41) is 7.99. The lowest BCUT2D eigenvalue weighted by Gasteiger charge is -2.39. The summed E-state index contributed by atoms with van der Waals surface area (Å²) in [6.45, 7) is 2.04. The van der Waals surface area contributed by atoms with E-state index in [0.717, 1.165) is 39.3 Å². The molecule has 176 valence electrons. The second-order valence-electron chi connectivity index (χ2n) is 8.52. The van der Waals surface area contributed by atoms with E-state index in [1.807, 2.05) is 37.3 Å². The number of ether oxygens (including phenoxy) is 3. The SMILES string of the molecule is COc1cccc([C@H]2Oc3ccc(C)cc3C3=C2[C@@H](c2ccc(F)cc2)n2ncnc2N3)c1OC. The van der Waals surface area contributed by atoms with Crippen LogP contribution in [0.4, 0.5) is 10.3 Å². The van der Waals surface area contributed by atoms with Gasteiger partial charge in [-0.1, -0.05) is 35.9 Å². The minimum Gasteiger partial charge on any atom is -0.493 e. The molecular weight excluding hydrogens is 447 g/mol. The van der Waals surface area contributed by atoms with Gasteiger partial charge in [-0.15, -0.1) is 0 Å². The van der Waals surface area contributed by atoms with Gasteiger partial charge in [0.1, 0.15) is 23.9 Å². The summed E-state index contributed by atoms with van der Waals surface area (Å²) >= 11 is 0. The van der Waals surface area contributed by atoms with E-state index >= 15 is 0 Å². The van der Waals surface area contributed by atoms with Crippen LogP contribution >= 0.6 is 0 Å². The quantitative estimate of drug-likeness (QED) is 0.436. The van der Waals surface area contributed by atoms with E-state index in [2.05, 4.69) is 21.5 Å². The van der Waals surface area contributed by atoms with Crippen molar-refractivity contribution >= 4 is 11.6 Å². The summed E-state index contributed by atoms with van der Waals surface area (Å²) in [5.74, 6) is 2.23. The number of nitrogens with one attached hydrogen (secondary N) is 1. The first-order valence-corrected chi connectivity index (χ1v) is 11.2. The number of aromatic nitrogens is 3. The molecule has 7 nitrogen and oxygen atoms in total. The lowest BCUT2D eigenvalue weighted by molar-refractivity contribution is 0.216. The van der Waals surface area contributed by atoms with E-state index in [4.69, 9.17) is 14.2 Å². The average Bonchev–Trinajstić information content (AvgIpc) is 3.35. The van der Waals surface area contributed by atoms with Gasteiger partial charge in [-0.25, -0.2) is 9.07 Å². The molecule has 0 saturated heterocycles. The van der Waals surface area contributed by atoms with Gasteiger partial charge >= 0.3 is 0 Å². The van der Waals surface area contributed by atoms with E-state index in [1.54, 1.807) is 31.0 Å². The van der Waals surface area contributed by atoms with Gasteiger partial charge in [0.15, 0.2) is 17.6 Å². The molecule has 2 aliphatic rings. The van der Waals surface area contributed by atoms with Crippen molar-refractivity contribution in [3.8, 4) is 17.2 Å². The molecule has 35 heavy (non-hydrogen) atoms. The number of halogens is 1. The molecule has 3 heterocycles. The zero-order valence-electron chi connectivity index (χ0n) is 19.4. The van der Waals surface area contributed by atoms with Crippen molar-refractivity contribution in [2.75, 3.05) is 19.5 Å². The number of aryl methyl sites for hydroxylation is 1. The summed E-state index contributed by atoms with van der Waals surface area (Å²) in [6, 6.07) is 17.9. The number of hydrogen-bond acceptors (Lipinski definition) is 6. The molecule has 8 heteroatoms. The molecule has 0 bridgehead atoms. The number of fused-ring (bicyclic) bond motifs is 3. The highest BCUT2D eigenvalue weighted by atomic mass is 19.1. The van der Waals surface area contributed by atoms with E-state index in [1.165, 1.54) is 18.5 Å². The van der Waals surface area contributed by atoms with Gasteiger partial charge in [-0.05, 0) is 42.8 Å². The van der Waals surface area contributed by atoms with Gasteiger partial charge < -0.3 is 19.5 Å². The first-order chi connectivity index (χ1) is 17.1. The van der Waals surface area contributed by atoms with Gasteiger partial charge in [0.2, 0.25) is 5.95 Å². The van der Waals surface area contributed by atoms with Crippen LogP contribution in [0, 0.1) is 12.7 Å². The highest BCUT2D eigenvalue weighted by molar-refractivity contribution is 5.85. The Labute approximate surface area is 201 Å². The fourth-order valence-electron chi connectivity index (χ4n) is 4.93. The van der Waals surface area contributed by atoms with Crippen LogP contribution in [0.25, 0.3) is 5.70 Å². The van der Waals surface area contributed by atoms with Crippen LogP contribution in [-0.2, 0) is 0 Å². The molecule has 0 unspecified atom stereocenters. The molecule has 0 saturated carbocycles. The molecule has 1 aromatic heterocycles. The van der Waals surface area contributed by atoms with E-state index in [9.17, 15) is 4.39 Å². The number of benzene rings is 3. The predicted octanol–water partition coefficient (Wildman–Crippen LogP) is 5.30. The Morgan fingerprint density at radius 2 is 1.86 bits per heavy atom. The lowest BCUT2D eigenvalue weighted by Crippen LogP contribution is -2.32. The minimum atomic E-state index is -0.537. The Hall–Kier alpha value is -4.33. The third-order valence-corrected chi connectivity index (χ3v) is 6.47. The summed E-state index contributed by atoms with van der Waals surface area (Å²) in [4.78, 5) is 4.44. The molecule has 6 rings (SSSR count). The zero-order valence-corrected chi connectivity index (χ0v) is 19.4. The van der Waals surface area contributed by atoms with Gasteiger partial charge in [0, 0.05) is 16.7 Å². The number of para-hydroxylation sites is 1. The zero-order chi connectivity index (χ0) is 24.1. The maximum absolute atomic E-state index is 13.9. The summed E-state index contributed by atoms with van der Waals surface area (Å²) < 4.78 is 33.7. The first-order valence-electron chi connectivity index (χ1n) is 11.2. The molecule has 0 radical (unpaired) electrons. The van der Waals surface area contributed by atoms with Crippen molar-refractivity contribution in [1.29, 1.82) is 0 Å². The van der Waals surface area contributed by atoms with Crippen molar-refractivity contribution in [2.24, 2.45) is 0 Å². The van der Waals surface area contributed by atoms with Crippen LogP contribution < -0.4 is 19.5 Å². The second kappa shape index (κ2) is 8.16. The molecule has 0 amide bonds. The van der Waals surface area contributed by atoms with Crippen LogP contribution in [0.3, 0.4) is 0 Å². The number of methoxy groups -OCH3 is 2. The fourth-order valence-corrected chi connectivity index (χ4v) is 4.93. The van der Waals surface area contributed by atoms with E-state index in [0.29, 0.717) is 17.4 Å².